The molecule has 0 saturated carbocycles. The summed E-state index contributed by atoms with van der Waals surface area (Å²) in [7, 11) is -3.27. The molecule has 0 bridgehead atoms. The van der Waals surface area contributed by atoms with Crippen molar-refractivity contribution in [3.05, 3.63) is 0 Å². The van der Waals surface area contributed by atoms with Crippen LogP contribution >= 0.6 is 0 Å². The number of carboxylic acid groups (broad SMARTS) is 1. The Bertz CT molecular complexity index is 452. The molecule has 2 N–H and O–H groups in total. The van der Waals surface area contributed by atoms with Gasteiger partial charge in [0.2, 0.25) is 0 Å². The molecule has 1 aliphatic rings. The SMILES string of the molecule is CC1(C(=O)NC(CCS(C)(=O)=O)C(=O)O)CCCO1. The third-order valence-electron chi connectivity index (χ3n) is 3.08. The van der Waals surface area contributed by atoms with Gasteiger partial charge in [0, 0.05) is 12.9 Å². The number of hydrogen-bond donors (Lipinski definition) is 2. The second-order valence-electron chi connectivity index (χ2n) is 4.97. The molecule has 0 aromatic rings. The Morgan fingerprint density at radius 2 is 2.11 bits per heavy atom. The standard InChI is InChI=1S/C11H19NO6S/c1-11(5-3-6-18-11)10(15)12-8(9(13)14)4-7-19(2,16)17/h8H,3-7H2,1-2H3,(H,12,15)(H,13,14). The van der Waals surface area contributed by atoms with E-state index in [-0.39, 0.29) is 12.2 Å². The average molecular weight is 293 g/mol. The van der Waals surface area contributed by atoms with Gasteiger partial charge in [-0.1, -0.05) is 0 Å². The van der Waals surface area contributed by atoms with Gasteiger partial charge in [0.15, 0.2) is 0 Å². The van der Waals surface area contributed by atoms with Crippen LogP contribution in [0.3, 0.4) is 0 Å². The van der Waals surface area contributed by atoms with E-state index in [1.165, 1.54) is 0 Å². The lowest BCUT2D eigenvalue weighted by molar-refractivity contribution is -0.147. The molecule has 7 nitrogen and oxygen atoms in total. The number of ether oxygens (including phenoxy) is 1. The first-order valence-corrected chi connectivity index (χ1v) is 8.05. The molecule has 19 heavy (non-hydrogen) atoms. The van der Waals surface area contributed by atoms with Crippen molar-refractivity contribution in [2.24, 2.45) is 0 Å². The van der Waals surface area contributed by atoms with Crippen molar-refractivity contribution in [1.82, 2.24) is 5.32 Å². The van der Waals surface area contributed by atoms with Crippen molar-refractivity contribution in [2.45, 2.75) is 37.8 Å². The van der Waals surface area contributed by atoms with Gasteiger partial charge in [0.1, 0.15) is 21.5 Å². The van der Waals surface area contributed by atoms with Gasteiger partial charge in [-0.25, -0.2) is 13.2 Å². The van der Waals surface area contributed by atoms with Crippen LogP contribution < -0.4 is 5.32 Å². The number of nitrogens with one attached hydrogen (secondary N) is 1. The van der Waals surface area contributed by atoms with Crippen molar-refractivity contribution in [3.63, 3.8) is 0 Å². The highest BCUT2D eigenvalue weighted by Gasteiger charge is 2.39. The number of carbonyl (C=O) groups excluding carboxylic acids is 1. The molecule has 1 heterocycles. The molecule has 0 aromatic carbocycles. The Morgan fingerprint density at radius 3 is 2.53 bits per heavy atom. The topological polar surface area (TPSA) is 110 Å². The van der Waals surface area contributed by atoms with Crippen molar-refractivity contribution >= 4 is 21.7 Å². The predicted octanol–water partition coefficient (Wildman–Crippen LogP) is -0.440. The first kappa shape index (κ1) is 15.9. The summed E-state index contributed by atoms with van der Waals surface area (Å²) in [6.07, 6.45) is 2.13. The molecule has 1 amide bonds. The lowest BCUT2D eigenvalue weighted by Crippen LogP contribution is -2.51. The van der Waals surface area contributed by atoms with Gasteiger partial charge in [-0.15, -0.1) is 0 Å². The summed E-state index contributed by atoms with van der Waals surface area (Å²) in [5.41, 5.74) is -1.02. The van der Waals surface area contributed by atoms with E-state index in [4.69, 9.17) is 9.84 Å². The quantitative estimate of drug-likeness (QED) is 0.687. The fourth-order valence-electron chi connectivity index (χ4n) is 1.86. The summed E-state index contributed by atoms with van der Waals surface area (Å²) in [6, 6.07) is -1.22. The number of sulfone groups is 1. The van der Waals surface area contributed by atoms with E-state index in [9.17, 15) is 18.0 Å². The minimum Gasteiger partial charge on any atom is -0.480 e. The number of hydrogen-bond acceptors (Lipinski definition) is 5. The molecule has 2 atom stereocenters. The summed E-state index contributed by atoms with van der Waals surface area (Å²) in [5, 5.41) is 11.3. The van der Waals surface area contributed by atoms with Crippen LogP contribution in [0.1, 0.15) is 26.2 Å². The summed E-state index contributed by atoms with van der Waals surface area (Å²) in [5.74, 6) is -2.05. The summed E-state index contributed by atoms with van der Waals surface area (Å²) in [6.45, 7) is 2.07. The monoisotopic (exact) mass is 293 g/mol. The highest BCUT2D eigenvalue weighted by atomic mass is 32.2. The highest BCUT2D eigenvalue weighted by Crippen LogP contribution is 2.25. The third-order valence-corrected chi connectivity index (χ3v) is 4.06. The van der Waals surface area contributed by atoms with Crippen LogP contribution in [0, 0.1) is 0 Å². The zero-order valence-electron chi connectivity index (χ0n) is 11.0. The molecular formula is C11H19NO6S. The second-order valence-corrected chi connectivity index (χ2v) is 7.23. The lowest BCUT2D eigenvalue weighted by Gasteiger charge is -2.24. The van der Waals surface area contributed by atoms with Crippen LogP contribution in [0.4, 0.5) is 0 Å². The maximum Gasteiger partial charge on any atom is 0.326 e. The molecule has 2 unspecified atom stereocenters. The maximum atomic E-state index is 12.0. The molecule has 110 valence electrons. The Hall–Kier alpha value is -1.15. The zero-order chi connectivity index (χ0) is 14.7. The van der Waals surface area contributed by atoms with Crippen molar-refractivity contribution < 1.29 is 27.9 Å². The van der Waals surface area contributed by atoms with Gasteiger partial charge in [-0.3, -0.25) is 4.79 Å². The molecule has 1 saturated heterocycles. The predicted molar refractivity (Wildman–Crippen MR) is 67.5 cm³/mol. The van der Waals surface area contributed by atoms with Gasteiger partial charge in [0.25, 0.3) is 5.91 Å². The zero-order valence-corrected chi connectivity index (χ0v) is 11.8. The first-order valence-electron chi connectivity index (χ1n) is 5.99. The first-order chi connectivity index (χ1) is 8.64. The summed E-state index contributed by atoms with van der Waals surface area (Å²) < 4.78 is 27.4. The smallest absolute Gasteiger partial charge is 0.326 e. The molecule has 1 aliphatic heterocycles. The maximum absolute atomic E-state index is 12.0. The van der Waals surface area contributed by atoms with E-state index in [0.717, 1.165) is 12.7 Å². The number of rotatable bonds is 6. The summed E-state index contributed by atoms with van der Waals surface area (Å²) >= 11 is 0. The second kappa shape index (κ2) is 5.87. The molecule has 0 aromatic heterocycles. The van der Waals surface area contributed by atoms with Gasteiger partial charge in [0.05, 0.1) is 5.75 Å². The van der Waals surface area contributed by atoms with Crippen molar-refractivity contribution in [2.75, 3.05) is 18.6 Å². The van der Waals surface area contributed by atoms with Crippen LogP contribution in [-0.2, 0) is 24.2 Å². The molecule has 1 rings (SSSR count). The minimum atomic E-state index is -3.27. The normalized spacial score (nSPS) is 24.9. The number of carboxylic acids is 1. The fourth-order valence-corrected chi connectivity index (χ4v) is 2.52. The lowest BCUT2D eigenvalue weighted by atomic mass is 10.0. The molecule has 0 radical (unpaired) electrons. The van der Waals surface area contributed by atoms with Gasteiger partial charge < -0.3 is 15.2 Å². The molecule has 8 heteroatoms. The van der Waals surface area contributed by atoms with Crippen LogP contribution in [0.5, 0.6) is 0 Å². The largest absolute Gasteiger partial charge is 0.480 e. The van der Waals surface area contributed by atoms with E-state index in [2.05, 4.69) is 5.32 Å². The average Bonchev–Trinajstić information content (AvgIpc) is 2.70. The van der Waals surface area contributed by atoms with Crippen molar-refractivity contribution in [1.29, 1.82) is 0 Å². The van der Waals surface area contributed by atoms with Gasteiger partial charge in [-0.05, 0) is 26.2 Å². The van der Waals surface area contributed by atoms with Gasteiger partial charge >= 0.3 is 5.97 Å². The van der Waals surface area contributed by atoms with Crippen LogP contribution in [-0.4, -0.2) is 55.7 Å². The molecular weight excluding hydrogens is 274 g/mol. The fraction of sp³-hybridized carbons (Fsp3) is 0.818. The van der Waals surface area contributed by atoms with Crippen LogP contribution in [0.2, 0.25) is 0 Å². The molecule has 0 aliphatic carbocycles. The summed E-state index contributed by atoms with van der Waals surface area (Å²) in [4.78, 5) is 23.0. The minimum absolute atomic E-state index is 0.157. The Kier molecular flexibility index (Phi) is 4.92. The number of amides is 1. The molecule has 1 fully saturated rings. The van der Waals surface area contributed by atoms with Crippen molar-refractivity contribution in [3.8, 4) is 0 Å². The Morgan fingerprint density at radius 1 is 1.47 bits per heavy atom. The van der Waals surface area contributed by atoms with E-state index in [1.807, 2.05) is 0 Å². The van der Waals surface area contributed by atoms with E-state index in [1.54, 1.807) is 6.92 Å². The number of aliphatic carboxylic acids is 1. The van der Waals surface area contributed by atoms with Crippen LogP contribution in [0.25, 0.3) is 0 Å². The highest BCUT2D eigenvalue weighted by molar-refractivity contribution is 7.90. The van der Waals surface area contributed by atoms with Gasteiger partial charge in [-0.2, -0.15) is 0 Å². The van der Waals surface area contributed by atoms with E-state index < -0.39 is 33.4 Å². The van der Waals surface area contributed by atoms with Crippen LogP contribution in [0.15, 0.2) is 0 Å². The van der Waals surface area contributed by atoms with E-state index in [0.29, 0.717) is 13.0 Å². The number of carbonyl (C=O) groups is 2. The van der Waals surface area contributed by atoms with E-state index >= 15 is 0 Å². The Balaban J connectivity index is 2.63. The third kappa shape index (κ3) is 4.79. The Labute approximate surface area is 112 Å². The molecule has 0 spiro atoms.